The van der Waals surface area contributed by atoms with Crippen molar-refractivity contribution >= 4 is 88.2 Å². The fourth-order valence-electron chi connectivity index (χ4n) is 14.0. The molecule has 6 amide bonds. The van der Waals surface area contributed by atoms with Crippen molar-refractivity contribution in [3.05, 3.63) is 296 Å². The minimum atomic E-state index is -1.04. The summed E-state index contributed by atoms with van der Waals surface area (Å²) < 4.78 is 16.2. The summed E-state index contributed by atoms with van der Waals surface area (Å²) in [7, 11) is 0. The van der Waals surface area contributed by atoms with Gasteiger partial charge in [0.1, 0.15) is 18.1 Å². The number of nitrogens with one attached hydrogen (secondary N) is 6. The van der Waals surface area contributed by atoms with Gasteiger partial charge < -0.3 is 60.8 Å². The van der Waals surface area contributed by atoms with Crippen molar-refractivity contribution in [2.75, 3.05) is 19.6 Å². The second kappa shape index (κ2) is 48.0. The average Bonchev–Trinajstić information content (AvgIpc) is 1.67. The van der Waals surface area contributed by atoms with E-state index >= 15 is 0 Å². The molecular weight excluding hydrogens is 1850 g/mol. The SMILES string of the molecule is CC(C)(C)c1ccc(C(=O)N[C@@H](Cc2ccc(-c3ncc(-c4nc(-c5ccc(Cl)c(Cl)c5)no4)cn3)cc2)C(=O)NCCC(=O)O)cc1.CC(C)(C)c1ccc(C(=O)N[C@@H](Cc2ccc(-c3ncc(-c4nc(-c5ccc(Cl)cc5)no4)cn3)cc2)C(=O)NCCC(=O)O)cc1.CCCCCc1noc(-c2cnc(-c3ccc(C[C@H](NC(=O)c4ccc(C(C)(C)C)cc4)C(=O)NCCC(=O)O)cc3)nc2)n1. The quantitative estimate of drug-likeness (QED) is 0.0165. The van der Waals surface area contributed by atoms with Gasteiger partial charge in [0.05, 0.1) is 46.0 Å². The van der Waals surface area contributed by atoms with Crippen molar-refractivity contribution in [1.82, 2.24) is 92.2 Å². The van der Waals surface area contributed by atoms with E-state index < -0.39 is 71.5 Å². The van der Waals surface area contributed by atoms with Crippen LogP contribution in [-0.4, -0.2) is 167 Å². The summed E-state index contributed by atoms with van der Waals surface area (Å²) in [6.07, 6.45) is 13.5. The molecule has 0 aliphatic carbocycles. The van der Waals surface area contributed by atoms with Crippen molar-refractivity contribution in [1.29, 1.82) is 0 Å². The molecule has 14 rings (SSSR count). The molecule has 36 heteroatoms. The molecule has 0 aliphatic heterocycles. The maximum Gasteiger partial charge on any atom is 0.305 e. The molecule has 33 nitrogen and oxygen atoms in total. The zero-order valence-electron chi connectivity index (χ0n) is 78.5. The number of halogens is 3. The van der Waals surface area contributed by atoms with E-state index in [1.54, 1.807) is 116 Å². The van der Waals surface area contributed by atoms with Gasteiger partial charge >= 0.3 is 17.9 Å². The average molecular weight is 1950 g/mol. The molecule has 6 heterocycles. The lowest BCUT2D eigenvalue weighted by atomic mass is 9.86. The van der Waals surface area contributed by atoms with Crippen LogP contribution >= 0.6 is 34.8 Å². The molecule has 0 bridgehead atoms. The van der Waals surface area contributed by atoms with Crippen LogP contribution in [-0.2, 0) is 70.7 Å². The van der Waals surface area contributed by atoms with Gasteiger partial charge in [0.15, 0.2) is 23.3 Å². The number of unbranched alkanes of at least 4 members (excludes halogenated alkanes) is 2. The summed E-state index contributed by atoms with van der Waals surface area (Å²) >= 11 is 18.1. The number of amides is 6. The van der Waals surface area contributed by atoms with Gasteiger partial charge in [-0.15, -0.1) is 0 Å². The van der Waals surface area contributed by atoms with E-state index in [0.717, 1.165) is 81.3 Å². The number of nitrogens with zero attached hydrogens (tertiary/aromatic N) is 12. The van der Waals surface area contributed by atoms with Crippen LogP contribution in [0.25, 0.3) is 91.3 Å². The van der Waals surface area contributed by atoms with Gasteiger partial charge in [-0.1, -0.05) is 242 Å². The van der Waals surface area contributed by atoms with E-state index in [9.17, 15) is 43.2 Å². The van der Waals surface area contributed by atoms with Crippen molar-refractivity contribution in [3.8, 4) is 91.3 Å². The Morgan fingerprint density at radius 2 is 0.629 bits per heavy atom. The Bertz CT molecular complexity index is 6610. The van der Waals surface area contributed by atoms with Crippen LogP contribution in [0, 0.1) is 0 Å². The number of hydrogen-bond donors (Lipinski definition) is 9. The number of aromatic nitrogens is 12. The molecular formula is C104H105Cl3N18O15. The maximum atomic E-state index is 13.1. The lowest BCUT2D eigenvalue weighted by Gasteiger charge is -2.20. The predicted molar refractivity (Wildman–Crippen MR) is 527 cm³/mol. The number of carboxylic acid groups (broad SMARTS) is 3. The van der Waals surface area contributed by atoms with E-state index in [1.807, 2.05) is 109 Å². The Balaban J connectivity index is 0.000000188. The summed E-state index contributed by atoms with van der Waals surface area (Å²) in [5.41, 5.74) is 11.9. The predicted octanol–water partition coefficient (Wildman–Crippen LogP) is 17.3. The normalized spacial score (nSPS) is 11.9. The van der Waals surface area contributed by atoms with Crippen LogP contribution < -0.4 is 31.9 Å². The molecule has 0 saturated heterocycles. The Labute approximate surface area is 822 Å². The first-order chi connectivity index (χ1) is 66.9. The van der Waals surface area contributed by atoms with Crippen molar-refractivity contribution in [2.45, 2.75) is 168 Å². The highest BCUT2D eigenvalue weighted by Crippen LogP contribution is 2.33. The molecule has 0 aliphatic rings. The Morgan fingerprint density at radius 3 is 0.936 bits per heavy atom. The molecule has 140 heavy (non-hydrogen) atoms. The number of carbonyl (C=O) groups excluding carboxylic acids is 6. The fraction of sp³-hybridized carbons (Fsp3) is 0.279. The zero-order chi connectivity index (χ0) is 100. The molecule has 0 spiro atoms. The molecule has 0 fully saturated rings. The second-order valence-electron chi connectivity index (χ2n) is 35.9. The van der Waals surface area contributed by atoms with Crippen molar-refractivity contribution < 1.29 is 72.0 Å². The summed E-state index contributed by atoms with van der Waals surface area (Å²) in [6, 6.07) is 53.0. The lowest BCUT2D eigenvalue weighted by molar-refractivity contribution is -0.138. The largest absolute Gasteiger partial charge is 0.481 e. The number of carboxylic acids is 3. The van der Waals surface area contributed by atoms with E-state index in [1.165, 1.54) is 0 Å². The minimum absolute atomic E-state index is 0.0448. The van der Waals surface area contributed by atoms with Gasteiger partial charge in [-0.3, -0.25) is 43.2 Å². The first-order valence-electron chi connectivity index (χ1n) is 45.1. The topological polar surface area (TPSA) is 481 Å². The van der Waals surface area contributed by atoms with Crippen LogP contribution in [0.3, 0.4) is 0 Å². The summed E-state index contributed by atoms with van der Waals surface area (Å²) in [5, 5.41) is 56.7. The standard InChI is InChI=1S/C35H32Cl2N6O5.C35H33ClN6O5.C34H40N6O5/c1-35(2,3)25-11-8-22(9-12-25)32(46)41-28(33(47)38-15-14-29(44)45)16-20-4-6-21(7-5-20)30-39-18-24(19-40-30)34-42-31(43-48-34)23-10-13-26(36)27(37)17-23;1-35(2,3)26-12-8-24(9-13-26)32(45)40-28(33(46)37-17-16-29(43)44)18-21-4-6-22(7-5-21)30-38-19-25(20-39-30)34-41-31(42-47-34)23-10-14-27(36)15-11-23;1-5-6-7-8-28-39-33(45-40-28)25-20-36-30(37-21-25)23-11-9-22(10-12-23)19-27(32(44)35-18-17-29(41)42)38-31(43)24-13-15-26(16-14-24)34(2,3)4/h4-13,17-19,28H,14-16H2,1-3H3,(H,38,47)(H,41,46)(H,44,45);4-15,19-20,28H,16-18H2,1-3H3,(H,37,46)(H,40,45)(H,43,44);9-16,20-21,27H,5-8,17-19H2,1-4H3,(H,35,44)(H,38,43)(H,41,42)/t2*28-;27-/m000/s1. The summed E-state index contributed by atoms with van der Waals surface area (Å²) in [6.45, 7) is 20.7. The van der Waals surface area contributed by atoms with Crippen molar-refractivity contribution in [2.24, 2.45) is 0 Å². The molecule has 14 aromatic rings. The van der Waals surface area contributed by atoms with Crippen LogP contribution in [0.2, 0.25) is 15.1 Å². The Kier molecular flexibility index (Phi) is 35.5. The Morgan fingerprint density at radius 1 is 0.336 bits per heavy atom. The number of hydrogen-bond acceptors (Lipinski definition) is 24. The molecule has 3 atom stereocenters. The molecule has 9 N–H and O–H groups in total. The van der Waals surface area contributed by atoms with Gasteiger partial charge in [0, 0.05) is 132 Å². The van der Waals surface area contributed by atoms with Crippen LogP contribution in [0.4, 0.5) is 0 Å². The monoisotopic (exact) mass is 1950 g/mol. The smallest absolute Gasteiger partial charge is 0.305 e. The van der Waals surface area contributed by atoms with Gasteiger partial charge in [-0.25, -0.2) is 29.9 Å². The van der Waals surface area contributed by atoms with Gasteiger partial charge in [0.2, 0.25) is 29.4 Å². The third-order valence-corrected chi connectivity index (χ3v) is 23.1. The fourth-order valence-corrected chi connectivity index (χ4v) is 14.4. The zero-order valence-corrected chi connectivity index (χ0v) is 80.8. The van der Waals surface area contributed by atoms with Crippen molar-refractivity contribution in [3.63, 3.8) is 0 Å². The first-order valence-corrected chi connectivity index (χ1v) is 46.2. The Hall–Kier alpha value is -15.5. The van der Waals surface area contributed by atoms with Crippen LogP contribution in [0.5, 0.6) is 0 Å². The molecule has 722 valence electrons. The number of aliphatic carboxylic acids is 3. The van der Waals surface area contributed by atoms with E-state index in [4.69, 9.17) is 63.7 Å². The second-order valence-corrected chi connectivity index (χ2v) is 37.2. The number of rotatable bonds is 36. The van der Waals surface area contributed by atoms with E-state index in [0.29, 0.717) is 94.8 Å². The maximum absolute atomic E-state index is 13.1. The summed E-state index contributed by atoms with van der Waals surface area (Å²) in [4.78, 5) is 151. The highest BCUT2D eigenvalue weighted by atomic mass is 35.5. The number of benzene rings is 8. The van der Waals surface area contributed by atoms with Crippen LogP contribution in [0.15, 0.2) is 239 Å². The highest BCUT2D eigenvalue weighted by molar-refractivity contribution is 6.42. The third-order valence-electron chi connectivity index (χ3n) is 22.1. The lowest BCUT2D eigenvalue weighted by Crippen LogP contribution is -2.48. The van der Waals surface area contributed by atoms with Crippen LogP contribution in [0.1, 0.15) is 178 Å². The molecule has 0 unspecified atom stereocenters. The molecule has 8 aromatic carbocycles. The molecule has 0 saturated carbocycles. The first kappa shape index (κ1) is 103. The summed E-state index contributed by atoms with van der Waals surface area (Å²) in [5.74, 6) is -2.00. The highest BCUT2D eigenvalue weighted by Gasteiger charge is 2.29. The molecule has 0 radical (unpaired) electrons. The van der Waals surface area contributed by atoms with E-state index in [-0.39, 0.29) is 86.2 Å². The molecule has 6 aromatic heterocycles. The third kappa shape index (κ3) is 30.0. The number of carbonyl (C=O) groups is 9. The van der Waals surface area contributed by atoms with Gasteiger partial charge in [-0.2, -0.15) is 15.0 Å². The van der Waals surface area contributed by atoms with Gasteiger partial charge in [-0.05, 0) is 135 Å². The minimum Gasteiger partial charge on any atom is -0.481 e. The van der Waals surface area contributed by atoms with E-state index in [2.05, 4.69) is 161 Å². The van der Waals surface area contributed by atoms with Gasteiger partial charge in [0.25, 0.3) is 35.4 Å². The number of aryl methyl sites for hydroxylation is 1.